The molecule has 0 saturated heterocycles. The molecule has 0 aliphatic rings. The number of rotatable bonds is 5. The van der Waals surface area contributed by atoms with Gasteiger partial charge in [0.05, 0.1) is 10.7 Å². The van der Waals surface area contributed by atoms with Gasteiger partial charge in [-0.2, -0.15) is 0 Å². The Morgan fingerprint density at radius 1 is 1.42 bits per heavy atom. The van der Waals surface area contributed by atoms with E-state index in [0.29, 0.717) is 29.6 Å². The minimum Gasteiger partial charge on any atom is -0.396 e. The van der Waals surface area contributed by atoms with Crippen molar-refractivity contribution in [3.63, 3.8) is 0 Å². The molecule has 6 heteroatoms. The van der Waals surface area contributed by atoms with Gasteiger partial charge in [-0.05, 0) is 12.5 Å². The number of hydrogen-bond acceptors (Lipinski definition) is 4. The molecule has 106 valence electrons. The zero-order chi connectivity index (χ0) is 14.5. The molecule has 1 rings (SSSR count). The van der Waals surface area contributed by atoms with Crippen LogP contribution in [0.25, 0.3) is 0 Å². The predicted molar refractivity (Wildman–Crippen MR) is 79.2 cm³/mol. The van der Waals surface area contributed by atoms with Gasteiger partial charge in [-0.15, -0.1) is 0 Å². The van der Waals surface area contributed by atoms with E-state index in [-0.39, 0.29) is 11.3 Å². The summed E-state index contributed by atoms with van der Waals surface area (Å²) in [7, 11) is 0. The zero-order valence-electron chi connectivity index (χ0n) is 11.6. The fourth-order valence-corrected chi connectivity index (χ4v) is 1.53. The second-order valence-corrected chi connectivity index (χ2v) is 5.81. The Morgan fingerprint density at radius 3 is 2.68 bits per heavy atom. The Kier molecular flexibility index (Phi) is 5.42. The van der Waals surface area contributed by atoms with Gasteiger partial charge in [-0.3, -0.25) is 4.79 Å². The van der Waals surface area contributed by atoms with Crippen molar-refractivity contribution in [1.82, 2.24) is 10.3 Å². The molecule has 5 nitrogen and oxygen atoms in total. The summed E-state index contributed by atoms with van der Waals surface area (Å²) >= 11 is 5.76. The fourth-order valence-electron chi connectivity index (χ4n) is 1.36. The van der Waals surface area contributed by atoms with Crippen LogP contribution in [0.1, 0.15) is 27.2 Å². The number of pyridine rings is 1. The van der Waals surface area contributed by atoms with Crippen LogP contribution >= 0.6 is 11.6 Å². The van der Waals surface area contributed by atoms with E-state index >= 15 is 0 Å². The fraction of sp³-hybridized carbons (Fsp3) is 0.538. The lowest BCUT2D eigenvalue weighted by Gasteiger charge is -2.17. The van der Waals surface area contributed by atoms with E-state index in [4.69, 9.17) is 17.3 Å². The number of anilines is 2. The van der Waals surface area contributed by atoms with E-state index in [1.54, 1.807) is 12.3 Å². The number of nitrogens with one attached hydrogen (secondary N) is 2. The zero-order valence-corrected chi connectivity index (χ0v) is 12.3. The quantitative estimate of drug-likeness (QED) is 0.725. The van der Waals surface area contributed by atoms with Crippen molar-refractivity contribution in [2.45, 2.75) is 27.2 Å². The van der Waals surface area contributed by atoms with Crippen molar-refractivity contribution in [2.75, 3.05) is 24.1 Å². The number of carbonyl (C=O) groups is 1. The molecule has 1 aromatic rings. The third-order valence-electron chi connectivity index (χ3n) is 2.50. The van der Waals surface area contributed by atoms with E-state index in [1.807, 2.05) is 20.8 Å². The summed E-state index contributed by atoms with van der Waals surface area (Å²) in [6.07, 6.45) is 2.34. The summed E-state index contributed by atoms with van der Waals surface area (Å²) in [6, 6.07) is 1.65. The molecule has 1 heterocycles. The molecule has 0 unspecified atom stereocenters. The summed E-state index contributed by atoms with van der Waals surface area (Å²) in [5.74, 6) is 0.670. The number of nitrogens with two attached hydrogens (primary N) is 1. The molecular weight excluding hydrogens is 264 g/mol. The number of hydrogen-bond donors (Lipinski definition) is 3. The maximum absolute atomic E-state index is 11.6. The Hall–Kier alpha value is -1.49. The monoisotopic (exact) mass is 284 g/mol. The van der Waals surface area contributed by atoms with Crippen molar-refractivity contribution in [3.8, 4) is 0 Å². The van der Waals surface area contributed by atoms with Crippen LogP contribution < -0.4 is 16.4 Å². The predicted octanol–water partition coefficient (Wildman–Crippen LogP) is 2.28. The Bertz CT molecular complexity index is 443. The number of nitrogen functional groups attached to an aromatic ring is 1. The topological polar surface area (TPSA) is 80.0 Å². The third-order valence-corrected chi connectivity index (χ3v) is 2.70. The van der Waals surface area contributed by atoms with Crippen LogP contribution in [0.4, 0.5) is 11.5 Å². The summed E-state index contributed by atoms with van der Waals surface area (Å²) in [6.45, 7) is 6.97. The first kappa shape index (κ1) is 15.6. The van der Waals surface area contributed by atoms with E-state index in [1.165, 1.54) is 0 Å². The largest absolute Gasteiger partial charge is 0.396 e. The molecule has 0 radical (unpaired) electrons. The van der Waals surface area contributed by atoms with Gasteiger partial charge in [0.15, 0.2) is 0 Å². The number of amides is 1. The molecule has 0 spiro atoms. The number of nitrogens with zero attached hydrogens (tertiary/aromatic N) is 1. The summed E-state index contributed by atoms with van der Waals surface area (Å²) in [5, 5.41) is 6.50. The van der Waals surface area contributed by atoms with Gasteiger partial charge in [-0.25, -0.2) is 4.98 Å². The van der Waals surface area contributed by atoms with Crippen LogP contribution in [0.3, 0.4) is 0 Å². The van der Waals surface area contributed by atoms with Crippen LogP contribution in [0.2, 0.25) is 5.02 Å². The number of halogens is 1. The maximum Gasteiger partial charge on any atom is 0.225 e. The highest BCUT2D eigenvalue weighted by molar-refractivity contribution is 6.30. The lowest BCUT2D eigenvalue weighted by Crippen LogP contribution is -2.35. The highest BCUT2D eigenvalue weighted by Crippen LogP contribution is 2.19. The Morgan fingerprint density at radius 2 is 2.11 bits per heavy atom. The molecule has 19 heavy (non-hydrogen) atoms. The van der Waals surface area contributed by atoms with Crippen molar-refractivity contribution < 1.29 is 4.79 Å². The van der Waals surface area contributed by atoms with E-state index in [0.717, 1.165) is 6.42 Å². The van der Waals surface area contributed by atoms with Crippen LogP contribution in [0.15, 0.2) is 12.3 Å². The molecule has 0 aliphatic heterocycles. The van der Waals surface area contributed by atoms with Crippen molar-refractivity contribution >= 4 is 29.0 Å². The van der Waals surface area contributed by atoms with Crippen LogP contribution in [0, 0.1) is 5.41 Å². The normalized spacial score (nSPS) is 11.2. The molecule has 1 aromatic heterocycles. The lowest BCUT2D eigenvalue weighted by molar-refractivity contribution is -0.128. The van der Waals surface area contributed by atoms with Crippen LogP contribution in [-0.4, -0.2) is 24.0 Å². The molecule has 0 atom stereocenters. The third kappa shape index (κ3) is 5.34. The van der Waals surface area contributed by atoms with Crippen molar-refractivity contribution in [2.24, 2.45) is 5.41 Å². The molecule has 4 N–H and O–H groups in total. The smallest absolute Gasteiger partial charge is 0.225 e. The molecule has 0 aliphatic carbocycles. The van der Waals surface area contributed by atoms with Crippen molar-refractivity contribution in [1.29, 1.82) is 0 Å². The number of aromatic nitrogens is 1. The summed E-state index contributed by atoms with van der Waals surface area (Å²) in [5.41, 5.74) is 5.93. The van der Waals surface area contributed by atoms with Gasteiger partial charge in [-0.1, -0.05) is 32.4 Å². The second-order valence-electron chi connectivity index (χ2n) is 5.38. The van der Waals surface area contributed by atoms with E-state index in [2.05, 4.69) is 15.6 Å². The van der Waals surface area contributed by atoms with Gasteiger partial charge < -0.3 is 16.4 Å². The van der Waals surface area contributed by atoms with E-state index < -0.39 is 0 Å². The molecule has 0 bridgehead atoms. The second kappa shape index (κ2) is 6.61. The van der Waals surface area contributed by atoms with Gasteiger partial charge in [0.1, 0.15) is 5.82 Å². The minimum atomic E-state index is -0.352. The van der Waals surface area contributed by atoms with Gasteiger partial charge >= 0.3 is 0 Å². The van der Waals surface area contributed by atoms with Gasteiger partial charge in [0.2, 0.25) is 5.91 Å². The minimum absolute atomic E-state index is 0.0524. The van der Waals surface area contributed by atoms with Crippen LogP contribution in [-0.2, 0) is 4.79 Å². The Balaban J connectivity index is 2.26. The van der Waals surface area contributed by atoms with Gasteiger partial charge in [0.25, 0.3) is 0 Å². The SMILES string of the molecule is CC(C)(C)C(=O)NCCCNc1ncc(Cl)cc1N. The van der Waals surface area contributed by atoms with Gasteiger partial charge in [0, 0.05) is 24.7 Å². The number of carbonyl (C=O) groups excluding carboxylic acids is 1. The highest BCUT2D eigenvalue weighted by Gasteiger charge is 2.20. The highest BCUT2D eigenvalue weighted by atomic mass is 35.5. The Labute approximate surface area is 118 Å². The summed E-state index contributed by atoms with van der Waals surface area (Å²) < 4.78 is 0. The molecule has 0 fully saturated rings. The molecule has 1 amide bonds. The standard InChI is InChI=1S/C13H21ClN4O/c1-13(2,3)12(19)17-6-4-5-16-11-10(15)7-9(14)8-18-11/h7-8H,4-6,15H2,1-3H3,(H,16,18)(H,17,19). The first-order valence-electron chi connectivity index (χ1n) is 6.24. The van der Waals surface area contributed by atoms with Crippen molar-refractivity contribution in [3.05, 3.63) is 17.3 Å². The molecular formula is C13H21ClN4O. The average Bonchev–Trinajstić information content (AvgIpc) is 2.29. The lowest BCUT2D eigenvalue weighted by atomic mass is 9.96. The first-order valence-corrected chi connectivity index (χ1v) is 6.61. The first-order chi connectivity index (χ1) is 8.80. The molecule has 0 saturated carbocycles. The molecule has 0 aromatic carbocycles. The van der Waals surface area contributed by atoms with E-state index in [9.17, 15) is 4.79 Å². The average molecular weight is 285 g/mol. The maximum atomic E-state index is 11.6. The summed E-state index contributed by atoms with van der Waals surface area (Å²) in [4.78, 5) is 15.7. The van der Waals surface area contributed by atoms with Crippen LogP contribution in [0.5, 0.6) is 0 Å².